The van der Waals surface area contributed by atoms with Gasteiger partial charge in [0.05, 0.1) is 5.69 Å². The number of hydrogen-bond acceptors (Lipinski definition) is 2. The van der Waals surface area contributed by atoms with Gasteiger partial charge in [0.25, 0.3) is 0 Å². The molecule has 0 aliphatic carbocycles. The van der Waals surface area contributed by atoms with E-state index in [0.29, 0.717) is 22.1 Å². The van der Waals surface area contributed by atoms with E-state index in [9.17, 15) is 4.39 Å². The quantitative estimate of drug-likeness (QED) is 0.810. The number of nitrogens with zero attached hydrogens (tertiary/aromatic N) is 2. The van der Waals surface area contributed by atoms with Crippen LogP contribution >= 0.6 is 11.6 Å². The molecule has 0 unspecified atom stereocenters. The predicted molar refractivity (Wildman–Crippen MR) is 58.0 cm³/mol. The fourth-order valence-corrected chi connectivity index (χ4v) is 1.47. The van der Waals surface area contributed by atoms with Crippen LogP contribution in [0.25, 0.3) is 11.3 Å². The van der Waals surface area contributed by atoms with Crippen molar-refractivity contribution in [3.8, 4) is 11.3 Å². The summed E-state index contributed by atoms with van der Waals surface area (Å²) in [6.45, 7) is 0. The minimum atomic E-state index is -0.402. The Bertz CT molecular complexity index is 488. The lowest BCUT2D eigenvalue weighted by Gasteiger charge is -1.98. The molecule has 2 aromatic rings. The molecular weight excluding hydrogens is 217 g/mol. The maximum Gasteiger partial charge on any atom is 0.134 e. The molecule has 5 heteroatoms. The Hall–Kier alpha value is -1.55. The van der Waals surface area contributed by atoms with E-state index in [1.165, 1.54) is 10.7 Å². The highest BCUT2D eigenvalue weighted by Gasteiger charge is 2.09. The average molecular weight is 226 g/mol. The summed E-state index contributed by atoms with van der Waals surface area (Å²) in [7, 11) is 1.70. The zero-order valence-corrected chi connectivity index (χ0v) is 8.79. The molecule has 2 N–H and O–H groups in total. The molecule has 0 bridgehead atoms. The van der Waals surface area contributed by atoms with E-state index < -0.39 is 5.82 Å². The van der Waals surface area contributed by atoms with Crippen molar-refractivity contribution in [3.05, 3.63) is 35.1 Å². The van der Waals surface area contributed by atoms with E-state index >= 15 is 0 Å². The summed E-state index contributed by atoms with van der Waals surface area (Å²) in [6.07, 6.45) is 0. The van der Waals surface area contributed by atoms with Gasteiger partial charge in [0.2, 0.25) is 0 Å². The molecule has 0 spiro atoms. The second kappa shape index (κ2) is 3.55. The Balaban J connectivity index is 2.54. The first-order valence-electron chi connectivity index (χ1n) is 4.33. The standard InChI is InChI=1S/C10H9ClFN3/c1-15-10(13)5-9(14-15)7-3-2-6(11)4-8(7)12/h2-5H,13H2,1H3. The normalized spacial score (nSPS) is 10.6. The van der Waals surface area contributed by atoms with Crippen LogP contribution in [0.15, 0.2) is 24.3 Å². The van der Waals surface area contributed by atoms with Crippen LogP contribution < -0.4 is 5.73 Å². The molecule has 1 aromatic carbocycles. The van der Waals surface area contributed by atoms with Gasteiger partial charge in [0.1, 0.15) is 11.6 Å². The Morgan fingerprint density at radius 3 is 2.67 bits per heavy atom. The number of aryl methyl sites for hydroxylation is 1. The lowest BCUT2D eigenvalue weighted by atomic mass is 10.1. The van der Waals surface area contributed by atoms with Gasteiger partial charge in [-0.2, -0.15) is 5.10 Å². The molecule has 0 radical (unpaired) electrons. The largest absolute Gasteiger partial charge is 0.384 e. The number of hydrogen-bond donors (Lipinski definition) is 1. The Kier molecular flexibility index (Phi) is 2.36. The lowest BCUT2D eigenvalue weighted by Crippen LogP contribution is -1.96. The SMILES string of the molecule is Cn1nc(-c2ccc(Cl)cc2F)cc1N. The van der Waals surface area contributed by atoms with Gasteiger partial charge in [-0.05, 0) is 18.2 Å². The van der Waals surface area contributed by atoms with E-state index in [1.807, 2.05) is 0 Å². The number of aromatic nitrogens is 2. The van der Waals surface area contributed by atoms with Crippen LogP contribution in [0.5, 0.6) is 0 Å². The van der Waals surface area contributed by atoms with Crippen LogP contribution in [0.4, 0.5) is 10.2 Å². The van der Waals surface area contributed by atoms with E-state index in [2.05, 4.69) is 5.10 Å². The van der Waals surface area contributed by atoms with Crippen molar-refractivity contribution in [1.29, 1.82) is 0 Å². The first-order chi connectivity index (χ1) is 7.08. The van der Waals surface area contributed by atoms with Crippen molar-refractivity contribution in [1.82, 2.24) is 9.78 Å². The average Bonchev–Trinajstić information content (AvgIpc) is 2.46. The topological polar surface area (TPSA) is 43.8 Å². The molecule has 0 saturated carbocycles. The molecule has 0 atom stereocenters. The molecule has 15 heavy (non-hydrogen) atoms. The molecular formula is C10H9ClFN3. The summed E-state index contributed by atoms with van der Waals surface area (Å²) >= 11 is 5.65. The van der Waals surface area contributed by atoms with Crippen molar-refractivity contribution in [3.63, 3.8) is 0 Å². The Labute approximate surface area is 91.3 Å². The van der Waals surface area contributed by atoms with Crippen molar-refractivity contribution >= 4 is 17.4 Å². The third kappa shape index (κ3) is 1.80. The summed E-state index contributed by atoms with van der Waals surface area (Å²) in [4.78, 5) is 0. The highest BCUT2D eigenvalue weighted by molar-refractivity contribution is 6.30. The highest BCUT2D eigenvalue weighted by Crippen LogP contribution is 2.25. The van der Waals surface area contributed by atoms with Gasteiger partial charge in [-0.3, -0.25) is 4.68 Å². The minimum absolute atomic E-state index is 0.361. The van der Waals surface area contributed by atoms with Crippen LogP contribution in [0.3, 0.4) is 0 Å². The van der Waals surface area contributed by atoms with Crippen molar-refractivity contribution < 1.29 is 4.39 Å². The highest BCUT2D eigenvalue weighted by atomic mass is 35.5. The molecule has 78 valence electrons. The lowest BCUT2D eigenvalue weighted by molar-refractivity contribution is 0.630. The number of halogens is 2. The molecule has 3 nitrogen and oxygen atoms in total. The molecule has 1 heterocycles. The summed E-state index contributed by atoms with van der Waals surface area (Å²) in [5.41, 5.74) is 6.51. The zero-order chi connectivity index (χ0) is 11.0. The number of anilines is 1. The van der Waals surface area contributed by atoms with E-state index in [4.69, 9.17) is 17.3 Å². The Morgan fingerprint density at radius 2 is 2.13 bits per heavy atom. The maximum absolute atomic E-state index is 13.5. The number of benzene rings is 1. The number of nitrogens with two attached hydrogens (primary N) is 1. The van der Waals surface area contributed by atoms with Crippen LogP contribution in [-0.2, 0) is 7.05 Å². The first kappa shape index (κ1) is 9.98. The second-order valence-corrected chi connectivity index (χ2v) is 3.64. The molecule has 0 aliphatic heterocycles. The third-order valence-electron chi connectivity index (χ3n) is 2.12. The first-order valence-corrected chi connectivity index (χ1v) is 4.70. The molecule has 1 aromatic heterocycles. The third-order valence-corrected chi connectivity index (χ3v) is 2.36. The van der Waals surface area contributed by atoms with E-state index in [1.54, 1.807) is 25.2 Å². The summed E-state index contributed by atoms with van der Waals surface area (Å²) < 4.78 is 15.0. The van der Waals surface area contributed by atoms with Crippen LogP contribution in [0, 0.1) is 5.82 Å². The fourth-order valence-electron chi connectivity index (χ4n) is 1.31. The monoisotopic (exact) mass is 225 g/mol. The summed E-state index contributed by atoms with van der Waals surface area (Å²) in [5.74, 6) is 0.0833. The van der Waals surface area contributed by atoms with Gasteiger partial charge < -0.3 is 5.73 Å². The van der Waals surface area contributed by atoms with Crippen LogP contribution in [0.1, 0.15) is 0 Å². The summed E-state index contributed by atoms with van der Waals surface area (Å²) in [6, 6.07) is 6.07. The molecule has 0 amide bonds. The van der Waals surface area contributed by atoms with Gasteiger partial charge in [-0.25, -0.2) is 4.39 Å². The molecule has 0 fully saturated rings. The Morgan fingerprint density at radius 1 is 1.40 bits per heavy atom. The number of rotatable bonds is 1. The number of nitrogen functional groups attached to an aromatic ring is 1. The van der Waals surface area contributed by atoms with Crippen molar-refractivity contribution in [2.75, 3.05) is 5.73 Å². The predicted octanol–water partition coefficient (Wildman–Crippen LogP) is 2.46. The van der Waals surface area contributed by atoms with Gasteiger partial charge in [-0.15, -0.1) is 0 Å². The molecule has 0 saturated heterocycles. The van der Waals surface area contributed by atoms with E-state index in [0.717, 1.165) is 0 Å². The van der Waals surface area contributed by atoms with Gasteiger partial charge in [0, 0.05) is 23.7 Å². The van der Waals surface area contributed by atoms with Gasteiger partial charge >= 0.3 is 0 Å². The fraction of sp³-hybridized carbons (Fsp3) is 0.100. The summed E-state index contributed by atoms with van der Waals surface area (Å²) in [5, 5.41) is 4.44. The minimum Gasteiger partial charge on any atom is -0.384 e. The zero-order valence-electron chi connectivity index (χ0n) is 8.04. The van der Waals surface area contributed by atoms with Gasteiger partial charge in [-0.1, -0.05) is 11.6 Å². The van der Waals surface area contributed by atoms with Crippen LogP contribution in [0.2, 0.25) is 5.02 Å². The van der Waals surface area contributed by atoms with Crippen molar-refractivity contribution in [2.45, 2.75) is 0 Å². The van der Waals surface area contributed by atoms with Crippen LogP contribution in [-0.4, -0.2) is 9.78 Å². The van der Waals surface area contributed by atoms with Gasteiger partial charge in [0.15, 0.2) is 0 Å². The molecule has 2 rings (SSSR count). The van der Waals surface area contributed by atoms with Crippen molar-refractivity contribution in [2.24, 2.45) is 7.05 Å². The second-order valence-electron chi connectivity index (χ2n) is 3.20. The molecule has 0 aliphatic rings. The van der Waals surface area contributed by atoms with E-state index in [-0.39, 0.29) is 0 Å². The smallest absolute Gasteiger partial charge is 0.134 e. The maximum atomic E-state index is 13.5.